The van der Waals surface area contributed by atoms with Gasteiger partial charge in [0.1, 0.15) is 0 Å². The molecule has 1 amide bonds. The molecule has 0 aliphatic carbocycles. The third-order valence-electron chi connectivity index (χ3n) is 3.00. The number of amides is 1. The molecule has 0 heterocycles. The van der Waals surface area contributed by atoms with Crippen LogP contribution in [-0.2, 0) is 17.6 Å². The van der Waals surface area contributed by atoms with Gasteiger partial charge in [-0.15, -0.1) is 0 Å². The molecule has 0 radical (unpaired) electrons. The van der Waals surface area contributed by atoms with Crippen molar-refractivity contribution in [3.8, 4) is 0 Å². The van der Waals surface area contributed by atoms with Crippen LogP contribution in [0.15, 0.2) is 42.5 Å². The summed E-state index contributed by atoms with van der Waals surface area (Å²) in [5, 5.41) is 3.79. The quantitative estimate of drug-likeness (QED) is 0.868. The van der Waals surface area contributed by atoms with E-state index in [1.165, 1.54) is 5.56 Å². The zero-order valence-electron chi connectivity index (χ0n) is 11.1. The summed E-state index contributed by atoms with van der Waals surface area (Å²) >= 11 is 11.9. The first-order chi connectivity index (χ1) is 9.58. The predicted molar refractivity (Wildman–Crippen MR) is 84.6 cm³/mol. The van der Waals surface area contributed by atoms with Gasteiger partial charge in [0, 0.05) is 5.02 Å². The molecule has 0 aliphatic heterocycles. The van der Waals surface area contributed by atoms with Crippen molar-refractivity contribution in [2.24, 2.45) is 0 Å². The van der Waals surface area contributed by atoms with Crippen molar-refractivity contribution >= 4 is 34.8 Å². The molecule has 2 aromatic carbocycles. The van der Waals surface area contributed by atoms with Gasteiger partial charge in [-0.25, -0.2) is 0 Å². The van der Waals surface area contributed by atoms with Gasteiger partial charge in [0.2, 0.25) is 5.91 Å². The molecule has 0 fully saturated rings. The van der Waals surface area contributed by atoms with Crippen molar-refractivity contribution in [2.45, 2.75) is 19.8 Å². The second-order valence-corrected chi connectivity index (χ2v) is 5.36. The highest BCUT2D eigenvalue weighted by molar-refractivity contribution is 6.35. The Kier molecular flexibility index (Phi) is 5.05. The molecule has 0 spiro atoms. The monoisotopic (exact) mass is 307 g/mol. The fourth-order valence-corrected chi connectivity index (χ4v) is 2.20. The van der Waals surface area contributed by atoms with Crippen LogP contribution in [0.5, 0.6) is 0 Å². The molecule has 0 aliphatic rings. The van der Waals surface area contributed by atoms with Gasteiger partial charge < -0.3 is 5.32 Å². The Balaban J connectivity index is 2.03. The summed E-state index contributed by atoms with van der Waals surface area (Å²) in [6, 6.07) is 13.0. The van der Waals surface area contributed by atoms with Gasteiger partial charge >= 0.3 is 0 Å². The average Bonchev–Trinajstić information content (AvgIpc) is 2.43. The van der Waals surface area contributed by atoms with E-state index in [0.717, 1.165) is 12.0 Å². The Hall–Kier alpha value is -1.51. The van der Waals surface area contributed by atoms with E-state index in [-0.39, 0.29) is 5.91 Å². The van der Waals surface area contributed by atoms with Crippen LogP contribution < -0.4 is 5.32 Å². The van der Waals surface area contributed by atoms with E-state index in [1.807, 2.05) is 24.3 Å². The van der Waals surface area contributed by atoms with Gasteiger partial charge in [0.25, 0.3) is 0 Å². The van der Waals surface area contributed by atoms with Gasteiger partial charge in [-0.2, -0.15) is 0 Å². The highest BCUT2D eigenvalue weighted by Crippen LogP contribution is 2.25. The number of aryl methyl sites for hydroxylation is 1. The van der Waals surface area contributed by atoms with Crippen molar-refractivity contribution in [1.82, 2.24) is 0 Å². The topological polar surface area (TPSA) is 29.1 Å². The Labute approximate surface area is 128 Å². The fourth-order valence-electron chi connectivity index (χ4n) is 1.87. The average molecular weight is 308 g/mol. The number of carbonyl (C=O) groups excluding carboxylic acids is 1. The van der Waals surface area contributed by atoms with E-state index in [2.05, 4.69) is 12.2 Å². The van der Waals surface area contributed by atoms with Crippen molar-refractivity contribution in [1.29, 1.82) is 0 Å². The highest BCUT2D eigenvalue weighted by atomic mass is 35.5. The standard InChI is InChI=1S/C16H15Cl2NO/c1-2-11-3-5-12(6-4-11)9-16(20)19-15-10-13(17)7-8-14(15)18/h3-8,10H,2,9H2,1H3,(H,19,20). The molecule has 20 heavy (non-hydrogen) atoms. The molecule has 2 rings (SSSR count). The zero-order valence-corrected chi connectivity index (χ0v) is 12.6. The van der Waals surface area contributed by atoms with Crippen molar-refractivity contribution in [2.75, 3.05) is 5.32 Å². The Morgan fingerprint density at radius 1 is 1.05 bits per heavy atom. The molecule has 0 aromatic heterocycles. The molecule has 0 saturated carbocycles. The number of hydrogen-bond donors (Lipinski definition) is 1. The molecule has 2 nitrogen and oxygen atoms in total. The van der Waals surface area contributed by atoms with Crippen LogP contribution in [0.3, 0.4) is 0 Å². The summed E-state index contributed by atoms with van der Waals surface area (Å²) in [6.07, 6.45) is 1.30. The maximum Gasteiger partial charge on any atom is 0.228 e. The van der Waals surface area contributed by atoms with Gasteiger partial charge in [0.15, 0.2) is 0 Å². The summed E-state index contributed by atoms with van der Waals surface area (Å²) in [4.78, 5) is 12.0. The van der Waals surface area contributed by atoms with Gasteiger partial charge in [-0.1, -0.05) is 54.4 Å². The van der Waals surface area contributed by atoms with Crippen LogP contribution in [0.25, 0.3) is 0 Å². The maximum atomic E-state index is 12.0. The minimum atomic E-state index is -0.113. The molecule has 4 heteroatoms. The molecule has 0 bridgehead atoms. The van der Waals surface area contributed by atoms with Crippen LogP contribution in [0.4, 0.5) is 5.69 Å². The van der Waals surface area contributed by atoms with E-state index in [1.54, 1.807) is 18.2 Å². The summed E-state index contributed by atoms with van der Waals surface area (Å²) in [5.74, 6) is -0.113. The SMILES string of the molecule is CCc1ccc(CC(=O)Nc2cc(Cl)ccc2Cl)cc1. The number of benzene rings is 2. The largest absolute Gasteiger partial charge is 0.324 e. The van der Waals surface area contributed by atoms with E-state index in [9.17, 15) is 4.79 Å². The summed E-state index contributed by atoms with van der Waals surface area (Å²) in [5.41, 5.74) is 2.76. The highest BCUT2D eigenvalue weighted by Gasteiger charge is 2.07. The zero-order chi connectivity index (χ0) is 14.5. The lowest BCUT2D eigenvalue weighted by Crippen LogP contribution is -2.14. The van der Waals surface area contributed by atoms with Crippen LogP contribution >= 0.6 is 23.2 Å². The summed E-state index contributed by atoms with van der Waals surface area (Å²) in [6.45, 7) is 2.10. The number of hydrogen-bond acceptors (Lipinski definition) is 1. The number of halogens is 2. The minimum Gasteiger partial charge on any atom is -0.324 e. The number of nitrogens with one attached hydrogen (secondary N) is 1. The first-order valence-electron chi connectivity index (χ1n) is 6.41. The predicted octanol–water partition coefficient (Wildman–Crippen LogP) is 4.74. The van der Waals surface area contributed by atoms with Crippen molar-refractivity contribution in [3.05, 3.63) is 63.6 Å². The van der Waals surface area contributed by atoms with E-state index >= 15 is 0 Å². The second-order valence-electron chi connectivity index (χ2n) is 4.52. The van der Waals surface area contributed by atoms with E-state index < -0.39 is 0 Å². The van der Waals surface area contributed by atoms with Crippen LogP contribution in [0.2, 0.25) is 10.0 Å². The molecule has 0 saturated heterocycles. The summed E-state index contributed by atoms with van der Waals surface area (Å²) < 4.78 is 0. The smallest absolute Gasteiger partial charge is 0.228 e. The molecule has 0 unspecified atom stereocenters. The third-order valence-corrected chi connectivity index (χ3v) is 3.56. The molecular weight excluding hydrogens is 293 g/mol. The third kappa shape index (κ3) is 3.99. The molecule has 1 N–H and O–H groups in total. The first kappa shape index (κ1) is 14.9. The number of rotatable bonds is 4. The Morgan fingerprint density at radius 2 is 1.70 bits per heavy atom. The number of carbonyl (C=O) groups is 1. The second kappa shape index (κ2) is 6.78. The lowest BCUT2D eigenvalue weighted by molar-refractivity contribution is -0.115. The van der Waals surface area contributed by atoms with Crippen LogP contribution in [-0.4, -0.2) is 5.91 Å². The summed E-state index contributed by atoms with van der Waals surface area (Å²) in [7, 11) is 0. The normalized spacial score (nSPS) is 10.3. The van der Waals surface area contributed by atoms with E-state index in [0.29, 0.717) is 22.2 Å². The molecule has 2 aromatic rings. The molecular formula is C16H15Cl2NO. The lowest BCUT2D eigenvalue weighted by atomic mass is 10.1. The lowest BCUT2D eigenvalue weighted by Gasteiger charge is -2.08. The van der Waals surface area contributed by atoms with E-state index in [4.69, 9.17) is 23.2 Å². The van der Waals surface area contributed by atoms with Gasteiger partial charge in [-0.3, -0.25) is 4.79 Å². The maximum absolute atomic E-state index is 12.0. The minimum absolute atomic E-state index is 0.113. The van der Waals surface area contributed by atoms with Crippen LogP contribution in [0, 0.1) is 0 Å². The Bertz CT molecular complexity index is 608. The van der Waals surface area contributed by atoms with Crippen LogP contribution in [0.1, 0.15) is 18.1 Å². The fraction of sp³-hybridized carbons (Fsp3) is 0.188. The number of anilines is 1. The molecule has 0 atom stereocenters. The molecule has 104 valence electrons. The van der Waals surface area contributed by atoms with Crippen molar-refractivity contribution < 1.29 is 4.79 Å². The Morgan fingerprint density at radius 3 is 2.35 bits per heavy atom. The van der Waals surface area contributed by atoms with Gasteiger partial charge in [-0.05, 0) is 35.7 Å². The van der Waals surface area contributed by atoms with Gasteiger partial charge in [0.05, 0.1) is 17.1 Å². The first-order valence-corrected chi connectivity index (χ1v) is 7.17. The van der Waals surface area contributed by atoms with Crippen molar-refractivity contribution in [3.63, 3.8) is 0 Å².